The van der Waals surface area contributed by atoms with E-state index in [1.54, 1.807) is 31.2 Å². The number of carbonyl (C=O) groups excluding carboxylic acids is 2. The zero-order valence-electron chi connectivity index (χ0n) is 22.7. The number of sulfonamides is 1. The minimum absolute atomic E-state index is 0.0829. The second-order valence-corrected chi connectivity index (χ2v) is 11.7. The molecule has 1 fully saturated rings. The van der Waals surface area contributed by atoms with Crippen molar-refractivity contribution in [1.29, 1.82) is 0 Å². The normalized spacial score (nSPS) is 19.5. The summed E-state index contributed by atoms with van der Waals surface area (Å²) in [6, 6.07) is 15.1. The number of carbonyl (C=O) groups is 2. The van der Waals surface area contributed by atoms with Gasteiger partial charge in [0.05, 0.1) is 24.1 Å². The van der Waals surface area contributed by atoms with Crippen molar-refractivity contribution in [2.45, 2.75) is 24.8 Å². The maximum Gasteiger partial charge on any atom is 0.332 e. The van der Waals surface area contributed by atoms with Crippen molar-refractivity contribution >= 4 is 27.5 Å². The van der Waals surface area contributed by atoms with Crippen LogP contribution in [0.15, 0.2) is 77.3 Å². The molecule has 1 unspecified atom stereocenters. The SMILES string of the molecule is CCOC(=O)/C=C(\NC(=O)CN1CCN(C)CC1)C1C(c2ccccc2)=CCN1S(=O)(=O)c1ccc(C)cc1. The zero-order valence-corrected chi connectivity index (χ0v) is 23.5. The fraction of sp³-hybridized carbons (Fsp3) is 0.379. The molecular formula is C29H36N4O5S. The first-order valence-corrected chi connectivity index (χ1v) is 14.6. The second-order valence-electron chi connectivity index (χ2n) is 9.80. The van der Waals surface area contributed by atoms with E-state index in [-0.39, 0.29) is 36.2 Å². The Kier molecular flexibility index (Phi) is 9.34. The predicted octanol–water partition coefficient (Wildman–Crippen LogP) is 2.26. The van der Waals surface area contributed by atoms with Gasteiger partial charge in [-0.3, -0.25) is 9.69 Å². The number of aryl methyl sites for hydroxylation is 1. The summed E-state index contributed by atoms with van der Waals surface area (Å²) in [6.45, 7) is 7.14. The highest BCUT2D eigenvalue weighted by atomic mass is 32.2. The van der Waals surface area contributed by atoms with Gasteiger partial charge in [0.2, 0.25) is 15.9 Å². The van der Waals surface area contributed by atoms with Crippen LogP contribution in [0, 0.1) is 6.92 Å². The van der Waals surface area contributed by atoms with Crippen LogP contribution in [-0.4, -0.2) is 93.4 Å². The molecule has 0 aliphatic carbocycles. The Morgan fingerprint density at radius 3 is 2.33 bits per heavy atom. The Hall–Kier alpha value is -3.31. The standard InChI is InChI=1S/C29H36N4O5S/c1-4-38-28(35)20-26(30-27(34)21-32-18-16-31(3)17-19-32)29-25(23-8-6-5-7-9-23)14-15-33(29)39(36,37)24-12-10-22(2)11-13-24/h5-14,20,29H,4,15-19,21H2,1-3H3,(H,30,34)/b26-20-. The van der Waals surface area contributed by atoms with Gasteiger partial charge in [-0.15, -0.1) is 0 Å². The third-order valence-electron chi connectivity index (χ3n) is 6.91. The lowest BCUT2D eigenvalue weighted by Crippen LogP contribution is -2.49. The molecule has 1 N–H and O–H groups in total. The Balaban J connectivity index is 1.72. The molecule has 0 bridgehead atoms. The summed E-state index contributed by atoms with van der Waals surface area (Å²) in [5.41, 5.74) is 2.58. The summed E-state index contributed by atoms with van der Waals surface area (Å²) in [7, 11) is -1.95. The molecule has 0 radical (unpaired) electrons. The second kappa shape index (κ2) is 12.7. The number of piperazine rings is 1. The molecule has 1 amide bonds. The van der Waals surface area contributed by atoms with Crippen molar-refractivity contribution in [2.75, 3.05) is 52.9 Å². The molecule has 2 aromatic rings. The summed E-state index contributed by atoms with van der Waals surface area (Å²) in [5.74, 6) is -0.971. The van der Waals surface area contributed by atoms with Gasteiger partial charge in [0.25, 0.3) is 0 Å². The number of likely N-dealkylation sites (N-methyl/N-ethyl adjacent to an activating group) is 1. The van der Waals surface area contributed by atoms with Gasteiger partial charge in [-0.05, 0) is 44.2 Å². The number of benzene rings is 2. The molecule has 2 heterocycles. The average molecular weight is 553 g/mol. The molecule has 0 aromatic heterocycles. The van der Waals surface area contributed by atoms with E-state index in [1.807, 2.05) is 55.3 Å². The van der Waals surface area contributed by atoms with Crippen LogP contribution in [0.1, 0.15) is 18.1 Å². The Morgan fingerprint density at radius 2 is 1.69 bits per heavy atom. The van der Waals surface area contributed by atoms with E-state index >= 15 is 0 Å². The van der Waals surface area contributed by atoms with Crippen LogP contribution in [0.5, 0.6) is 0 Å². The van der Waals surface area contributed by atoms with Crippen LogP contribution in [-0.2, 0) is 24.3 Å². The van der Waals surface area contributed by atoms with Gasteiger partial charge in [0, 0.05) is 44.5 Å². The molecule has 39 heavy (non-hydrogen) atoms. The van der Waals surface area contributed by atoms with Crippen LogP contribution in [0.4, 0.5) is 0 Å². The fourth-order valence-electron chi connectivity index (χ4n) is 4.78. The maximum atomic E-state index is 13.9. The van der Waals surface area contributed by atoms with Crippen molar-refractivity contribution in [3.05, 3.63) is 83.6 Å². The van der Waals surface area contributed by atoms with Crippen LogP contribution < -0.4 is 5.32 Å². The summed E-state index contributed by atoms with van der Waals surface area (Å²) >= 11 is 0. The fourth-order valence-corrected chi connectivity index (χ4v) is 6.30. The molecule has 10 heteroatoms. The molecule has 9 nitrogen and oxygen atoms in total. The molecule has 2 aliphatic rings. The minimum Gasteiger partial charge on any atom is -0.463 e. The highest BCUT2D eigenvalue weighted by Crippen LogP contribution is 2.35. The van der Waals surface area contributed by atoms with Gasteiger partial charge >= 0.3 is 5.97 Å². The van der Waals surface area contributed by atoms with Gasteiger partial charge in [-0.1, -0.05) is 54.1 Å². The van der Waals surface area contributed by atoms with E-state index in [1.165, 1.54) is 10.4 Å². The molecule has 208 valence electrons. The lowest BCUT2D eigenvalue weighted by molar-refractivity contribution is -0.137. The smallest absolute Gasteiger partial charge is 0.332 e. The third kappa shape index (κ3) is 7.02. The Bertz CT molecular complexity index is 1330. The number of ether oxygens (including phenoxy) is 1. The number of rotatable bonds is 9. The quantitative estimate of drug-likeness (QED) is 0.376. The molecule has 2 aromatic carbocycles. The highest BCUT2D eigenvalue weighted by molar-refractivity contribution is 7.89. The van der Waals surface area contributed by atoms with E-state index < -0.39 is 22.0 Å². The number of nitrogens with zero attached hydrogens (tertiary/aromatic N) is 3. The zero-order chi connectivity index (χ0) is 28.0. The monoisotopic (exact) mass is 552 g/mol. The Labute approximate surface area is 230 Å². The predicted molar refractivity (Wildman–Crippen MR) is 150 cm³/mol. The van der Waals surface area contributed by atoms with E-state index in [9.17, 15) is 18.0 Å². The molecule has 1 atom stereocenters. The summed E-state index contributed by atoms with van der Waals surface area (Å²) in [6.07, 6.45) is 3.03. The van der Waals surface area contributed by atoms with Gasteiger partial charge in [-0.2, -0.15) is 4.31 Å². The van der Waals surface area contributed by atoms with E-state index in [0.717, 1.165) is 37.3 Å². The summed E-state index contributed by atoms with van der Waals surface area (Å²) in [5, 5.41) is 2.89. The molecular weight excluding hydrogens is 516 g/mol. The molecule has 4 rings (SSSR count). The first-order valence-electron chi connectivity index (χ1n) is 13.1. The highest BCUT2D eigenvalue weighted by Gasteiger charge is 2.40. The molecule has 1 saturated heterocycles. The first kappa shape index (κ1) is 28.7. The molecule has 0 spiro atoms. The maximum absolute atomic E-state index is 13.9. The van der Waals surface area contributed by atoms with Crippen molar-refractivity contribution in [1.82, 2.24) is 19.4 Å². The van der Waals surface area contributed by atoms with Crippen LogP contribution >= 0.6 is 0 Å². The van der Waals surface area contributed by atoms with Crippen molar-refractivity contribution in [3.8, 4) is 0 Å². The number of esters is 1. The van der Waals surface area contributed by atoms with Gasteiger partial charge in [0.1, 0.15) is 0 Å². The average Bonchev–Trinajstić information content (AvgIpc) is 3.37. The summed E-state index contributed by atoms with van der Waals surface area (Å²) < 4.78 is 34.3. The first-order chi connectivity index (χ1) is 18.7. The van der Waals surface area contributed by atoms with E-state index in [2.05, 4.69) is 10.2 Å². The number of nitrogens with one attached hydrogen (secondary N) is 1. The largest absolute Gasteiger partial charge is 0.463 e. The Morgan fingerprint density at radius 1 is 1.03 bits per heavy atom. The number of hydrogen-bond acceptors (Lipinski definition) is 7. The van der Waals surface area contributed by atoms with Crippen LogP contribution in [0.3, 0.4) is 0 Å². The molecule has 2 aliphatic heterocycles. The third-order valence-corrected chi connectivity index (χ3v) is 8.76. The molecule has 0 saturated carbocycles. The minimum atomic E-state index is -3.99. The van der Waals surface area contributed by atoms with Crippen molar-refractivity contribution in [3.63, 3.8) is 0 Å². The van der Waals surface area contributed by atoms with E-state index in [0.29, 0.717) is 5.57 Å². The summed E-state index contributed by atoms with van der Waals surface area (Å²) in [4.78, 5) is 30.3. The van der Waals surface area contributed by atoms with Crippen LogP contribution in [0.2, 0.25) is 0 Å². The van der Waals surface area contributed by atoms with Gasteiger partial charge in [-0.25, -0.2) is 13.2 Å². The number of amides is 1. The van der Waals surface area contributed by atoms with Crippen LogP contribution in [0.25, 0.3) is 5.57 Å². The lowest BCUT2D eigenvalue weighted by atomic mass is 9.97. The van der Waals surface area contributed by atoms with Crippen molar-refractivity contribution in [2.24, 2.45) is 0 Å². The van der Waals surface area contributed by atoms with Gasteiger partial charge < -0.3 is 15.0 Å². The van der Waals surface area contributed by atoms with Crippen molar-refractivity contribution < 1.29 is 22.7 Å². The number of hydrogen-bond donors (Lipinski definition) is 1. The van der Waals surface area contributed by atoms with Gasteiger partial charge in [0.15, 0.2) is 0 Å². The topological polar surface area (TPSA) is 99.3 Å². The van der Waals surface area contributed by atoms with E-state index in [4.69, 9.17) is 4.74 Å². The lowest BCUT2D eigenvalue weighted by Gasteiger charge is -2.33.